The molecule has 1 saturated heterocycles. The molecule has 2 atom stereocenters. The highest BCUT2D eigenvalue weighted by Gasteiger charge is 2.33. The van der Waals surface area contributed by atoms with E-state index in [9.17, 15) is 0 Å². The van der Waals surface area contributed by atoms with E-state index in [0.717, 1.165) is 36.6 Å². The molecule has 0 saturated carbocycles. The zero-order valence-corrected chi connectivity index (χ0v) is 14.4. The molecule has 0 amide bonds. The molecule has 2 aromatic rings. The zero-order chi connectivity index (χ0) is 16.8. The van der Waals surface area contributed by atoms with Crippen LogP contribution in [0, 0.1) is 0 Å². The number of ether oxygens (including phenoxy) is 3. The Morgan fingerprint density at radius 2 is 1.75 bits per heavy atom. The molecular weight excluding hydrogens is 302 g/mol. The van der Waals surface area contributed by atoms with E-state index in [1.54, 1.807) is 7.11 Å². The molecule has 1 aliphatic heterocycles. The van der Waals surface area contributed by atoms with Gasteiger partial charge in [-0.1, -0.05) is 37.3 Å². The summed E-state index contributed by atoms with van der Waals surface area (Å²) in [6.45, 7) is 4.64. The van der Waals surface area contributed by atoms with Gasteiger partial charge in [-0.15, -0.1) is 0 Å². The number of methoxy groups -OCH3 is 1. The molecule has 2 unspecified atom stereocenters. The predicted octanol–water partition coefficient (Wildman–Crippen LogP) is 3.71. The number of hydrogen-bond donors (Lipinski definition) is 0. The first-order valence-corrected chi connectivity index (χ1v) is 8.48. The van der Waals surface area contributed by atoms with Gasteiger partial charge < -0.3 is 14.2 Å². The number of benzene rings is 2. The van der Waals surface area contributed by atoms with E-state index in [4.69, 9.17) is 14.2 Å². The molecule has 0 aliphatic carbocycles. The third-order valence-electron chi connectivity index (χ3n) is 4.38. The second kappa shape index (κ2) is 8.18. The summed E-state index contributed by atoms with van der Waals surface area (Å²) in [5, 5.41) is 0. The molecule has 1 heterocycles. The quantitative estimate of drug-likeness (QED) is 0.776. The Morgan fingerprint density at radius 3 is 2.42 bits per heavy atom. The van der Waals surface area contributed by atoms with Crippen LogP contribution in [-0.2, 0) is 11.3 Å². The van der Waals surface area contributed by atoms with Gasteiger partial charge in [0.05, 0.1) is 19.8 Å². The van der Waals surface area contributed by atoms with Crippen LogP contribution in [-0.4, -0.2) is 37.4 Å². The Balaban J connectivity index is 1.53. The second-order valence-electron chi connectivity index (χ2n) is 5.99. The third-order valence-corrected chi connectivity index (χ3v) is 4.38. The van der Waals surface area contributed by atoms with Crippen LogP contribution in [0.3, 0.4) is 0 Å². The minimum absolute atomic E-state index is 0.0817. The highest BCUT2D eigenvalue weighted by molar-refractivity contribution is 5.26. The Hall–Kier alpha value is -2.04. The van der Waals surface area contributed by atoms with E-state index in [1.807, 2.05) is 54.6 Å². The molecule has 1 fully saturated rings. The van der Waals surface area contributed by atoms with E-state index in [2.05, 4.69) is 11.8 Å². The summed E-state index contributed by atoms with van der Waals surface area (Å²) in [6.07, 6.45) is 1.16. The first-order valence-electron chi connectivity index (χ1n) is 8.48. The lowest BCUT2D eigenvalue weighted by Gasteiger charge is -2.23. The number of hydrogen-bond acceptors (Lipinski definition) is 4. The maximum absolute atomic E-state index is 6.12. The Bertz CT molecular complexity index is 615. The molecule has 24 heavy (non-hydrogen) atoms. The van der Waals surface area contributed by atoms with Gasteiger partial charge in [0.1, 0.15) is 11.5 Å². The fraction of sp³-hybridized carbons (Fsp3) is 0.400. The average molecular weight is 327 g/mol. The molecule has 0 radical (unpaired) electrons. The number of rotatable bonds is 7. The van der Waals surface area contributed by atoms with Crippen molar-refractivity contribution in [2.45, 2.75) is 32.3 Å². The third kappa shape index (κ3) is 4.28. The van der Waals surface area contributed by atoms with E-state index < -0.39 is 0 Å². The largest absolute Gasteiger partial charge is 0.497 e. The van der Waals surface area contributed by atoms with Crippen molar-refractivity contribution < 1.29 is 14.2 Å². The van der Waals surface area contributed by atoms with Gasteiger partial charge in [0.25, 0.3) is 0 Å². The van der Waals surface area contributed by atoms with Crippen molar-refractivity contribution in [2.24, 2.45) is 0 Å². The van der Waals surface area contributed by atoms with Crippen molar-refractivity contribution >= 4 is 0 Å². The fourth-order valence-electron chi connectivity index (χ4n) is 3.00. The highest BCUT2D eigenvalue weighted by atomic mass is 16.5. The van der Waals surface area contributed by atoms with E-state index in [-0.39, 0.29) is 12.3 Å². The molecule has 0 spiro atoms. The molecule has 0 aromatic heterocycles. The van der Waals surface area contributed by atoms with Crippen molar-refractivity contribution in [1.29, 1.82) is 0 Å². The van der Waals surface area contributed by atoms with E-state index in [1.165, 1.54) is 0 Å². The van der Waals surface area contributed by atoms with Gasteiger partial charge in [0, 0.05) is 13.0 Å². The van der Waals surface area contributed by atoms with Gasteiger partial charge in [0.2, 0.25) is 0 Å². The molecule has 4 heteroatoms. The van der Waals surface area contributed by atoms with E-state index >= 15 is 0 Å². The summed E-state index contributed by atoms with van der Waals surface area (Å²) in [5.41, 5.74) is 1.16. The van der Waals surface area contributed by atoms with Crippen LogP contribution in [0.15, 0.2) is 54.6 Å². The lowest BCUT2D eigenvalue weighted by atomic mass is 10.2. The standard InChI is InChI=1S/C20H25NO3/c1-3-21-14-19(13-20(21)24-18-7-5-4-6-8-18)23-15-16-9-11-17(22-2)12-10-16/h4-12,19-20H,3,13-15H2,1-2H3. The van der Waals surface area contributed by atoms with Crippen molar-refractivity contribution in [2.75, 3.05) is 20.2 Å². The normalized spacial score (nSPS) is 20.9. The minimum atomic E-state index is 0.0817. The van der Waals surface area contributed by atoms with Crippen LogP contribution < -0.4 is 9.47 Å². The average Bonchev–Trinajstić information content (AvgIpc) is 3.03. The van der Waals surface area contributed by atoms with Gasteiger partial charge in [-0.25, -0.2) is 0 Å². The molecule has 128 valence electrons. The SMILES string of the molecule is CCN1CC(OCc2ccc(OC)cc2)CC1Oc1ccccc1. The Kier molecular flexibility index (Phi) is 5.72. The molecule has 3 rings (SSSR count). The summed E-state index contributed by atoms with van der Waals surface area (Å²) >= 11 is 0. The second-order valence-corrected chi connectivity index (χ2v) is 5.99. The van der Waals surface area contributed by atoms with Crippen LogP contribution in [0.5, 0.6) is 11.5 Å². The van der Waals surface area contributed by atoms with Gasteiger partial charge in [-0.05, 0) is 36.4 Å². The summed E-state index contributed by atoms with van der Waals surface area (Å²) in [5.74, 6) is 1.78. The van der Waals surface area contributed by atoms with Crippen molar-refractivity contribution in [3.8, 4) is 11.5 Å². The van der Waals surface area contributed by atoms with E-state index in [0.29, 0.717) is 6.61 Å². The summed E-state index contributed by atoms with van der Waals surface area (Å²) in [4.78, 5) is 2.33. The number of likely N-dealkylation sites (N-methyl/N-ethyl adjacent to an activating group) is 1. The highest BCUT2D eigenvalue weighted by Crippen LogP contribution is 2.24. The summed E-state index contributed by atoms with van der Waals surface area (Å²) < 4.78 is 17.4. The van der Waals surface area contributed by atoms with Crippen LogP contribution in [0.25, 0.3) is 0 Å². The number of likely N-dealkylation sites (tertiary alicyclic amines) is 1. The van der Waals surface area contributed by atoms with Crippen LogP contribution in [0.1, 0.15) is 18.9 Å². The van der Waals surface area contributed by atoms with Crippen LogP contribution in [0.4, 0.5) is 0 Å². The van der Waals surface area contributed by atoms with Gasteiger partial charge in [-0.2, -0.15) is 0 Å². The molecular formula is C20H25NO3. The van der Waals surface area contributed by atoms with Crippen molar-refractivity contribution in [3.05, 3.63) is 60.2 Å². The lowest BCUT2D eigenvalue weighted by Crippen LogP contribution is -2.33. The number of nitrogens with zero attached hydrogens (tertiary/aromatic N) is 1. The van der Waals surface area contributed by atoms with Crippen LogP contribution >= 0.6 is 0 Å². The monoisotopic (exact) mass is 327 g/mol. The Labute approximate surface area is 144 Å². The van der Waals surface area contributed by atoms with Gasteiger partial charge in [-0.3, -0.25) is 4.90 Å². The fourth-order valence-corrected chi connectivity index (χ4v) is 3.00. The lowest BCUT2D eigenvalue weighted by molar-refractivity contribution is 0.0447. The molecule has 0 bridgehead atoms. The first kappa shape index (κ1) is 16.8. The van der Waals surface area contributed by atoms with Crippen molar-refractivity contribution in [1.82, 2.24) is 4.90 Å². The molecule has 2 aromatic carbocycles. The maximum atomic E-state index is 6.12. The maximum Gasteiger partial charge on any atom is 0.155 e. The molecule has 1 aliphatic rings. The summed E-state index contributed by atoms with van der Waals surface area (Å²) in [6, 6.07) is 18.0. The smallest absolute Gasteiger partial charge is 0.155 e. The summed E-state index contributed by atoms with van der Waals surface area (Å²) in [7, 11) is 1.68. The van der Waals surface area contributed by atoms with Crippen molar-refractivity contribution in [3.63, 3.8) is 0 Å². The zero-order valence-electron chi connectivity index (χ0n) is 14.4. The molecule has 4 nitrogen and oxygen atoms in total. The first-order chi connectivity index (χ1) is 11.8. The number of para-hydroxylation sites is 1. The Morgan fingerprint density at radius 1 is 1.00 bits per heavy atom. The van der Waals surface area contributed by atoms with Gasteiger partial charge in [0.15, 0.2) is 6.23 Å². The molecule has 0 N–H and O–H groups in total. The van der Waals surface area contributed by atoms with Crippen LogP contribution in [0.2, 0.25) is 0 Å². The predicted molar refractivity (Wildman–Crippen MR) is 94.3 cm³/mol. The van der Waals surface area contributed by atoms with Gasteiger partial charge >= 0.3 is 0 Å². The topological polar surface area (TPSA) is 30.9 Å². The minimum Gasteiger partial charge on any atom is -0.497 e.